The molecule has 0 radical (unpaired) electrons. The monoisotopic (exact) mass is 389 g/mol. The lowest BCUT2D eigenvalue weighted by Crippen LogP contribution is -2.10. The molecular formula is C17H15N3O6S. The number of furan rings is 1. The zero-order valence-corrected chi connectivity index (χ0v) is 15.1. The fourth-order valence-corrected chi connectivity index (χ4v) is 3.10. The van der Waals surface area contributed by atoms with E-state index >= 15 is 0 Å². The molecule has 0 atom stereocenters. The fraction of sp³-hybridized carbons (Fsp3) is 0.235. The first-order valence-electron chi connectivity index (χ1n) is 8.11. The number of thiazole rings is 1. The van der Waals surface area contributed by atoms with E-state index in [1.807, 2.05) is 6.92 Å². The molecule has 1 amide bonds. The van der Waals surface area contributed by atoms with Crippen LogP contribution in [0, 0.1) is 10.1 Å². The molecule has 0 aliphatic heterocycles. The summed E-state index contributed by atoms with van der Waals surface area (Å²) < 4.78 is 10.7. The van der Waals surface area contributed by atoms with E-state index in [1.54, 1.807) is 18.2 Å². The Hall–Kier alpha value is -3.27. The maximum atomic E-state index is 12.1. The highest BCUT2D eigenvalue weighted by Crippen LogP contribution is 2.28. The van der Waals surface area contributed by atoms with Gasteiger partial charge in [0, 0.05) is 0 Å². The number of hydrogen-bond acceptors (Lipinski definition) is 8. The Morgan fingerprint density at radius 1 is 1.33 bits per heavy atom. The van der Waals surface area contributed by atoms with E-state index in [1.165, 1.54) is 17.4 Å². The number of benzene rings is 1. The van der Waals surface area contributed by atoms with Crippen LogP contribution in [-0.2, 0) is 4.74 Å². The van der Waals surface area contributed by atoms with Crippen LogP contribution in [-0.4, -0.2) is 28.4 Å². The smallest absolute Gasteiger partial charge is 0.433 e. The highest BCUT2D eigenvalue weighted by molar-refractivity contribution is 7.22. The molecule has 1 aromatic carbocycles. The van der Waals surface area contributed by atoms with Crippen molar-refractivity contribution in [3.05, 3.63) is 51.8 Å². The molecule has 140 valence electrons. The summed E-state index contributed by atoms with van der Waals surface area (Å²) in [5.41, 5.74) is 1.01. The van der Waals surface area contributed by atoms with Crippen LogP contribution < -0.4 is 5.32 Å². The second-order valence-corrected chi connectivity index (χ2v) is 6.57. The standard InChI is InChI=1S/C17H15N3O6S/c1-2-3-8-25-16(22)10-4-5-11-13(9-10)27-17(18-11)19-15(21)12-6-7-14(26-12)20(23)24/h4-7,9H,2-3,8H2,1H3,(H,18,19,21). The van der Waals surface area contributed by atoms with E-state index in [0.29, 0.717) is 22.4 Å². The molecule has 10 heteroatoms. The number of fused-ring (bicyclic) bond motifs is 1. The molecule has 0 spiro atoms. The molecule has 27 heavy (non-hydrogen) atoms. The second kappa shape index (κ2) is 7.96. The number of carbonyl (C=O) groups is 2. The molecule has 9 nitrogen and oxygen atoms in total. The number of carbonyl (C=O) groups excluding carboxylic acids is 2. The van der Waals surface area contributed by atoms with E-state index in [2.05, 4.69) is 10.3 Å². The minimum Gasteiger partial charge on any atom is -0.462 e. The van der Waals surface area contributed by atoms with Crippen LogP contribution in [0.3, 0.4) is 0 Å². The molecule has 0 fully saturated rings. The predicted octanol–water partition coefficient (Wildman–Crippen LogP) is 4.01. The minimum atomic E-state index is -0.727. The first kappa shape index (κ1) is 18.5. The van der Waals surface area contributed by atoms with Gasteiger partial charge in [-0.15, -0.1) is 0 Å². The van der Waals surface area contributed by atoms with Gasteiger partial charge in [-0.1, -0.05) is 24.7 Å². The summed E-state index contributed by atoms with van der Waals surface area (Å²) in [7, 11) is 0. The summed E-state index contributed by atoms with van der Waals surface area (Å²) >= 11 is 1.17. The Labute approximate surface area is 157 Å². The van der Waals surface area contributed by atoms with Crippen molar-refractivity contribution < 1.29 is 23.7 Å². The number of rotatable bonds is 7. The molecule has 0 unspecified atom stereocenters. The maximum Gasteiger partial charge on any atom is 0.433 e. The minimum absolute atomic E-state index is 0.193. The first-order chi connectivity index (χ1) is 13.0. The van der Waals surface area contributed by atoms with E-state index in [-0.39, 0.29) is 10.9 Å². The molecule has 1 N–H and O–H groups in total. The van der Waals surface area contributed by atoms with Crippen molar-refractivity contribution in [3.63, 3.8) is 0 Å². The van der Waals surface area contributed by atoms with Crippen molar-refractivity contribution >= 4 is 44.4 Å². The summed E-state index contributed by atoms with van der Waals surface area (Å²) in [6.07, 6.45) is 1.73. The molecule has 0 saturated carbocycles. The zero-order valence-electron chi connectivity index (χ0n) is 14.3. The highest BCUT2D eigenvalue weighted by Gasteiger charge is 2.19. The van der Waals surface area contributed by atoms with Crippen molar-refractivity contribution in [1.82, 2.24) is 4.98 Å². The molecule has 2 heterocycles. The summed E-state index contributed by atoms with van der Waals surface area (Å²) in [5, 5.41) is 13.4. The molecule has 0 aliphatic rings. The van der Waals surface area contributed by atoms with Crippen LogP contribution in [0.5, 0.6) is 0 Å². The highest BCUT2D eigenvalue weighted by atomic mass is 32.1. The molecule has 0 aliphatic carbocycles. The molecular weight excluding hydrogens is 374 g/mol. The summed E-state index contributed by atoms with van der Waals surface area (Å²) in [4.78, 5) is 38.3. The van der Waals surface area contributed by atoms with Crippen molar-refractivity contribution in [2.24, 2.45) is 0 Å². The number of aromatic nitrogens is 1. The third-order valence-corrected chi connectivity index (χ3v) is 4.50. The Bertz CT molecular complexity index is 1010. The van der Waals surface area contributed by atoms with Gasteiger partial charge in [0.1, 0.15) is 4.92 Å². The number of ether oxygens (including phenoxy) is 1. The number of anilines is 1. The topological polar surface area (TPSA) is 125 Å². The van der Waals surface area contributed by atoms with Crippen molar-refractivity contribution in [2.45, 2.75) is 19.8 Å². The average Bonchev–Trinajstić information content (AvgIpc) is 3.27. The molecule has 3 rings (SSSR count). The van der Waals surface area contributed by atoms with Gasteiger partial charge in [0.2, 0.25) is 0 Å². The van der Waals surface area contributed by atoms with Gasteiger partial charge < -0.3 is 9.15 Å². The van der Waals surface area contributed by atoms with Crippen molar-refractivity contribution in [1.29, 1.82) is 0 Å². The Morgan fingerprint density at radius 3 is 2.85 bits per heavy atom. The summed E-state index contributed by atoms with van der Waals surface area (Å²) in [5.74, 6) is -1.77. The van der Waals surface area contributed by atoms with Gasteiger partial charge in [-0.05, 0) is 30.7 Å². The van der Waals surface area contributed by atoms with Gasteiger partial charge in [0.15, 0.2) is 10.9 Å². The predicted molar refractivity (Wildman–Crippen MR) is 98.1 cm³/mol. The van der Waals surface area contributed by atoms with Crippen molar-refractivity contribution in [3.8, 4) is 0 Å². The number of nitrogens with one attached hydrogen (secondary N) is 1. The fourth-order valence-electron chi connectivity index (χ4n) is 2.20. The van der Waals surface area contributed by atoms with E-state index < -0.39 is 22.7 Å². The van der Waals surface area contributed by atoms with Crippen LogP contribution in [0.4, 0.5) is 11.0 Å². The second-order valence-electron chi connectivity index (χ2n) is 5.54. The molecule has 2 aromatic heterocycles. The van der Waals surface area contributed by atoms with Crippen LogP contribution in [0.2, 0.25) is 0 Å². The SMILES string of the molecule is CCCCOC(=O)c1ccc2nc(NC(=O)c3ccc([N+](=O)[O-])o3)sc2c1. The third-order valence-electron chi connectivity index (χ3n) is 3.57. The lowest BCUT2D eigenvalue weighted by Gasteiger charge is -2.03. The zero-order chi connectivity index (χ0) is 19.4. The van der Waals surface area contributed by atoms with Gasteiger partial charge in [0.05, 0.1) is 28.5 Å². The Morgan fingerprint density at radius 2 is 2.15 bits per heavy atom. The van der Waals surface area contributed by atoms with Gasteiger partial charge in [0.25, 0.3) is 5.91 Å². The number of nitro groups is 1. The van der Waals surface area contributed by atoms with Crippen LogP contribution in [0.1, 0.15) is 40.7 Å². The lowest BCUT2D eigenvalue weighted by atomic mass is 10.2. The number of nitrogens with zero attached hydrogens (tertiary/aromatic N) is 2. The quantitative estimate of drug-likeness (QED) is 0.280. The lowest BCUT2D eigenvalue weighted by molar-refractivity contribution is -0.402. The van der Waals surface area contributed by atoms with Crippen molar-refractivity contribution in [2.75, 3.05) is 11.9 Å². The largest absolute Gasteiger partial charge is 0.462 e. The van der Waals surface area contributed by atoms with E-state index in [4.69, 9.17) is 9.15 Å². The van der Waals surface area contributed by atoms with E-state index in [0.717, 1.165) is 18.9 Å². The molecule has 0 saturated heterocycles. The van der Waals surface area contributed by atoms with Gasteiger partial charge in [-0.3, -0.25) is 20.2 Å². The molecule has 0 bridgehead atoms. The normalized spacial score (nSPS) is 10.7. The van der Waals surface area contributed by atoms with Gasteiger partial charge >= 0.3 is 11.9 Å². The number of unbranched alkanes of at least 4 members (excludes halogenated alkanes) is 1. The summed E-state index contributed by atoms with van der Waals surface area (Å²) in [6.45, 7) is 2.38. The van der Waals surface area contributed by atoms with Crippen LogP contribution in [0.15, 0.2) is 34.7 Å². The number of hydrogen-bond donors (Lipinski definition) is 1. The van der Waals surface area contributed by atoms with Crippen LogP contribution in [0.25, 0.3) is 10.2 Å². The van der Waals surface area contributed by atoms with Gasteiger partial charge in [-0.2, -0.15) is 0 Å². The average molecular weight is 389 g/mol. The maximum absolute atomic E-state index is 12.1. The van der Waals surface area contributed by atoms with E-state index in [9.17, 15) is 19.7 Å². The Balaban J connectivity index is 1.73. The summed E-state index contributed by atoms with van der Waals surface area (Å²) in [6, 6.07) is 7.23. The number of esters is 1. The Kier molecular flexibility index (Phi) is 5.46. The molecule has 3 aromatic rings. The van der Waals surface area contributed by atoms with Crippen LogP contribution >= 0.6 is 11.3 Å². The number of amides is 1. The van der Waals surface area contributed by atoms with Gasteiger partial charge in [-0.25, -0.2) is 9.78 Å². The first-order valence-corrected chi connectivity index (χ1v) is 8.93. The third kappa shape index (κ3) is 4.29.